The van der Waals surface area contributed by atoms with Gasteiger partial charge in [0.25, 0.3) is 0 Å². The Bertz CT molecular complexity index is 497. The number of hydrogen-bond acceptors (Lipinski definition) is 0. The van der Waals surface area contributed by atoms with Crippen LogP contribution in [0, 0.1) is 23.7 Å². The van der Waals surface area contributed by atoms with Crippen molar-refractivity contribution in [1.29, 1.82) is 0 Å². The molecule has 1 aromatic rings. The normalized spacial score (nSPS) is 30.9. The highest BCUT2D eigenvalue weighted by atomic mass is 14.3. The third-order valence-corrected chi connectivity index (χ3v) is 7.80. The van der Waals surface area contributed by atoms with Crippen LogP contribution in [-0.4, -0.2) is 0 Å². The van der Waals surface area contributed by atoms with Gasteiger partial charge in [-0.1, -0.05) is 70.7 Å². The molecule has 2 fully saturated rings. The van der Waals surface area contributed by atoms with Gasteiger partial charge in [-0.15, -0.1) is 0 Å². The van der Waals surface area contributed by atoms with Crippen LogP contribution < -0.4 is 0 Å². The van der Waals surface area contributed by atoms with Gasteiger partial charge in [0, 0.05) is 0 Å². The van der Waals surface area contributed by atoms with Crippen LogP contribution in [0.1, 0.15) is 108 Å². The molecule has 0 nitrogen and oxygen atoms in total. The zero-order valence-electron chi connectivity index (χ0n) is 17.7. The molecule has 2 aliphatic rings. The Morgan fingerprint density at radius 3 is 2.00 bits per heavy atom. The second-order valence-corrected chi connectivity index (χ2v) is 9.60. The summed E-state index contributed by atoms with van der Waals surface area (Å²) in [7, 11) is 0. The molecular formula is C26H42. The van der Waals surface area contributed by atoms with Crippen molar-refractivity contribution in [1.82, 2.24) is 0 Å². The lowest BCUT2D eigenvalue weighted by atomic mass is 9.70. The Labute approximate surface area is 163 Å². The molecule has 1 aromatic carbocycles. The van der Waals surface area contributed by atoms with Crippen LogP contribution in [0.2, 0.25) is 0 Å². The van der Waals surface area contributed by atoms with Crippen molar-refractivity contribution in [2.24, 2.45) is 23.7 Å². The van der Waals surface area contributed by atoms with Gasteiger partial charge in [0.15, 0.2) is 0 Å². The topological polar surface area (TPSA) is 0 Å². The average Bonchev–Trinajstić information content (AvgIpc) is 2.69. The minimum absolute atomic E-state index is 0.831. The quantitative estimate of drug-likeness (QED) is 0.463. The van der Waals surface area contributed by atoms with Gasteiger partial charge in [-0.05, 0) is 92.1 Å². The van der Waals surface area contributed by atoms with Crippen LogP contribution >= 0.6 is 0 Å². The van der Waals surface area contributed by atoms with Gasteiger partial charge < -0.3 is 0 Å². The molecule has 0 amide bonds. The second-order valence-electron chi connectivity index (χ2n) is 9.60. The van der Waals surface area contributed by atoms with Crippen molar-refractivity contribution >= 4 is 0 Å². The van der Waals surface area contributed by atoms with Gasteiger partial charge in [0.1, 0.15) is 0 Å². The standard InChI is InChI=1S/C26H42/c1-4-6-22-9-13-24(14-10-22)20(3)19-23-11-17-26(18-12-23)25-15-7-21(5-2)8-16-25/h7-8,15-16,20,22-24,26H,4-6,9-14,17-19H2,1-3H3. The molecule has 3 rings (SSSR count). The summed E-state index contributed by atoms with van der Waals surface area (Å²) in [6, 6.07) is 9.50. The molecule has 0 bridgehead atoms. The van der Waals surface area contributed by atoms with E-state index in [-0.39, 0.29) is 0 Å². The van der Waals surface area contributed by atoms with Crippen LogP contribution in [0.15, 0.2) is 24.3 Å². The van der Waals surface area contributed by atoms with E-state index in [4.69, 9.17) is 0 Å². The first-order valence-electron chi connectivity index (χ1n) is 11.8. The number of hydrogen-bond donors (Lipinski definition) is 0. The molecule has 0 aliphatic heterocycles. The molecule has 0 heteroatoms. The molecular weight excluding hydrogens is 312 g/mol. The summed E-state index contributed by atoms with van der Waals surface area (Å²) in [5.74, 6) is 4.88. The van der Waals surface area contributed by atoms with Gasteiger partial charge >= 0.3 is 0 Å². The predicted octanol–water partition coefficient (Wildman–Crippen LogP) is 8.16. The smallest absolute Gasteiger partial charge is 0.0162 e. The Morgan fingerprint density at radius 2 is 1.42 bits per heavy atom. The summed E-state index contributed by atoms with van der Waals surface area (Å²) < 4.78 is 0. The Balaban J connectivity index is 1.40. The Morgan fingerprint density at radius 1 is 0.808 bits per heavy atom. The molecule has 0 aromatic heterocycles. The Hall–Kier alpha value is -0.780. The molecule has 2 aliphatic carbocycles. The molecule has 1 atom stereocenters. The summed E-state index contributed by atoms with van der Waals surface area (Å²) in [5, 5.41) is 0. The summed E-state index contributed by atoms with van der Waals surface area (Å²) in [6.45, 7) is 7.17. The minimum Gasteiger partial charge on any atom is -0.0654 e. The van der Waals surface area contributed by atoms with Gasteiger partial charge in [-0.3, -0.25) is 0 Å². The van der Waals surface area contributed by atoms with Crippen LogP contribution in [0.3, 0.4) is 0 Å². The predicted molar refractivity (Wildman–Crippen MR) is 115 cm³/mol. The fraction of sp³-hybridized carbons (Fsp3) is 0.769. The monoisotopic (exact) mass is 354 g/mol. The number of benzene rings is 1. The fourth-order valence-corrected chi connectivity index (χ4v) is 5.93. The van der Waals surface area contributed by atoms with Crippen molar-refractivity contribution in [2.45, 2.75) is 104 Å². The zero-order chi connectivity index (χ0) is 18.4. The van der Waals surface area contributed by atoms with E-state index in [0.29, 0.717) is 0 Å². The molecule has 0 N–H and O–H groups in total. The van der Waals surface area contributed by atoms with E-state index in [1.54, 1.807) is 5.56 Å². The third kappa shape index (κ3) is 5.37. The lowest BCUT2D eigenvalue weighted by molar-refractivity contribution is 0.169. The molecule has 0 saturated heterocycles. The molecule has 26 heavy (non-hydrogen) atoms. The maximum atomic E-state index is 2.57. The van der Waals surface area contributed by atoms with E-state index in [9.17, 15) is 0 Å². The van der Waals surface area contributed by atoms with Crippen LogP contribution in [0.5, 0.6) is 0 Å². The van der Waals surface area contributed by atoms with Gasteiger partial charge in [-0.25, -0.2) is 0 Å². The molecule has 0 heterocycles. The highest BCUT2D eigenvalue weighted by Crippen LogP contribution is 2.42. The van der Waals surface area contributed by atoms with Crippen LogP contribution in [0.25, 0.3) is 0 Å². The molecule has 0 radical (unpaired) electrons. The van der Waals surface area contributed by atoms with Crippen LogP contribution in [-0.2, 0) is 6.42 Å². The zero-order valence-corrected chi connectivity index (χ0v) is 17.7. The summed E-state index contributed by atoms with van der Waals surface area (Å²) >= 11 is 0. The van der Waals surface area contributed by atoms with Crippen molar-refractivity contribution in [3.05, 3.63) is 35.4 Å². The van der Waals surface area contributed by atoms with Crippen molar-refractivity contribution in [3.63, 3.8) is 0 Å². The maximum absolute atomic E-state index is 2.57. The largest absolute Gasteiger partial charge is 0.0654 e. The first kappa shape index (κ1) is 20.0. The molecule has 2 saturated carbocycles. The highest BCUT2D eigenvalue weighted by molar-refractivity contribution is 5.25. The minimum atomic E-state index is 0.831. The summed E-state index contributed by atoms with van der Waals surface area (Å²) in [4.78, 5) is 0. The van der Waals surface area contributed by atoms with E-state index in [1.807, 2.05) is 0 Å². The third-order valence-electron chi connectivity index (χ3n) is 7.80. The van der Waals surface area contributed by atoms with Crippen LogP contribution in [0.4, 0.5) is 0 Å². The van der Waals surface area contributed by atoms with Gasteiger partial charge in [-0.2, -0.15) is 0 Å². The van der Waals surface area contributed by atoms with Crippen molar-refractivity contribution in [3.8, 4) is 0 Å². The van der Waals surface area contributed by atoms with Crippen molar-refractivity contribution < 1.29 is 0 Å². The first-order valence-corrected chi connectivity index (χ1v) is 11.8. The lowest BCUT2D eigenvalue weighted by Gasteiger charge is -2.36. The first-order chi connectivity index (χ1) is 12.7. The number of aryl methyl sites for hydroxylation is 1. The summed E-state index contributed by atoms with van der Waals surface area (Å²) in [6.07, 6.45) is 17.4. The highest BCUT2D eigenvalue weighted by Gasteiger charge is 2.28. The number of rotatable bonds is 7. The SMILES string of the molecule is CCCC1CCC(C(C)CC2CCC(c3ccc(CC)cc3)CC2)CC1. The Kier molecular flexibility index (Phi) is 7.64. The van der Waals surface area contributed by atoms with E-state index in [0.717, 1.165) is 36.0 Å². The lowest BCUT2D eigenvalue weighted by Crippen LogP contribution is -2.23. The van der Waals surface area contributed by atoms with Crippen molar-refractivity contribution in [2.75, 3.05) is 0 Å². The molecule has 146 valence electrons. The molecule has 1 unspecified atom stereocenters. The van der Waals surface area contributed by atoms with Gasteiger partial charge in [0.05, 0.1) is 0 Å². The van der Waals surface area contributed by atoms with E-state index >= 15 is 0 Å². The maximum Gasteiger partial charge on any atom is -0.0162 e. The molecule has 0 spiro atoms. The van der Waals surface area contributed by atoms with E-state index in [2.05, 4.69) is 45.0 Å². The summed E-state index contributed by atoms with van der Waals surface area (Å²) in [5.41, 5.74) is 3.08. The van der Waals surface area contributed by atoms with E-state index in [1.165, 1.54) is 76.2 Å². The van der Waals surface area contributed by atoms with E-state index < -0.39 is 0 Å². The average molecular weight is 355 g/mol. The fourth-order valence-electron chi connectivity index (χ4n) is 5.93. The second kappa shape index (κ2) is 9.95. The van der Waals surface area contributed by atoms with Gasteiger partial charge in [0.2, 0.25) is 0 Å².